The lowest BCUT2D eigenvalue weighted by Gasteiger charge is -2.36. The fraction of sp³-hybridized carbons (Fsp3) is 0.500. The van der Waals surface area contributed by atoms with E-state index >= 15 is 0 Å². The van der Waals surface area contributed by atoms with Gasteiger partial charge in [-0.15, -0.1) is 0 Å². The molecule has 7 heteroatoms. The smallest absolute Gasteiger partial charge is 0.176 e. The zero-order valence-electron chi connectivity index (χ0n) is 12.0. The van der Waals surface area contributed by atoms with Gasteiger partial charge in [0.05, 0.1) is 6.20 Å². The number of halogens is 1. The molecule has 6 nitrogen and oxygen atoms in total. The number of fused-ring (bicyclic) bond motifs is 1. The van der Waals surface area contributed by atoms with E-state index in [0.29, 0.717) is 22.4 Å². The molecule has 0 aromatic carbocycles. The number of piperidine rings is 1. The molecule has 21 heavy (non-hydrogen) atoms. The van der Waals surface area contributed by atoms with Gasteiger partial charge in [0, 0.05) is 24.2 Å². The summed E-state index contributed by atoms with van der Waals surface area (Å²) in [6.45, 7) is 5.29. The van der Waals surface area contributed by atoms with E-state index in [-0.39, 0.29) is 5.54 Å². The zero-order chi connectivity index (χ0) is 15.0. The Balaban J connectivity index is 1.88. The molecule has 110 valence electrons. The van der Waals surface area contributed by atoms with Crippen LogP contribution in [-0.2, 0) is 0 Å². The molecule has 1 aliphatic rings. The third-order valence-corrected chi connectivity index (χ3v) is 4.05. The molecule has 0 unspecified atom stereocenters. The standard InChI is InChI=1S/C14H17ClN6/c1-14(2)4-3-10(8-17-14)19-12-5-11(15)20-13-9(6-16)7-18-21(12)13/h5,7,10,17,19H,3-4,8H2,1-2H3/t10-/m0/s1. The summed E-state index contributed by atoms with van der Waals surface area (Å²) in [5, 5.41) is 20.6. The molecule has 0 spiro atoms. The Morgan fingerprint density at radius 2 is 2.38 bits per heavy atom. The van der Waals surface area contributed by atoms with Crippen LogP contribution in [0.4, 0.5) is 5.82 Å². The van der Waals surface area contributed by atoms with E-state index < -0.39 is 0 Å². The Hall–Kier alpha value is -1.84. The molecular weight excluding hydrogens is 288 g/mol. The normalized spacial score (nSPS) is 21.1. The van der Waals surface area contributed by atoms with E-state index in [2.05, 4.69) is 40.6 Å². The highest BCUT2D eigenvalue weighted by atomic mass is 35.5. The second-order valence-electron chi connectivity index (χ2n) is 6.01. The largest absolute Gasteiger partial charge is 0.366 e. The maximum atomic E-state index is 9.07. The number of hydrogen-bond donors (Lipinski definition) is 2. The maximum absolute atomic E-state index is 9.07. The molecule has 2 N–H and O–H groups in total. The van der Waals surface area contributed by atoms with E-state index in [9.17, 15) is 0 Å². The van der Waals surface area contributed by atoms with Crippen LogP contribution in [0.2, 0.25) is 5.15 Å². The maximum Gasteiger partial charge on any atom is 0.176 e. The SMILES string of the molecule is CC1(C)CC[C@H](Nc2cc(Cl)nc3c(C#N)cnn23)CN1. The highest BCUT2D eigenvalue weighted by molar-refractivity contribution is 6.29. The van der Waals surface area contributed by atoms with Crippen LogP contribution in [0, 0.1) is 11.3 Å². The van der Waals surface area contributed by atoms with Crippen LogP contribution in [0.1, 0.15) is 32.3 Å². The van der Waals surface area contributed by atoms with Gasteiger partial charge in [0.2, 0.25) is 0 Å². The minimum atomic E-state index is 0.184. The van der Waals surface area contributed by atoms with Crippen LogP contribution in [0.25, 0.3) is 5.65 Å². The topological polar surface area (TPSA) is 78.0 Å². The van der Waals surface area contributed by atoms with Gasteiger partial charge in [-0.3, -0.25) is 0 Å². The Labute approximate surface area is 128 Å². The Bertz CT molecular complexity index is 704. The number of aromatic nitrogens is 3. The van der Waals surface area contributed by atoms with Crippen molar-refractivity contribution in [1.82, 2.24) is 19.9 Å². The first-order valence-corrected chi connectivity index (χ1v) is 7.32. The average Bonchev–Trinajstić information content (AvgIpc) is 2.84. The minimum Gasteiger partial charge on any atom is -0.366 e. The summed E-state index contributed by atoms with van der Waals surface area (Å²) in [5.74, 6) is 0.762. The number of rotatable bonds is 2. The van der Waals surface area contributed by atoms with Gasteiger partial charge in [-0.25, -0.2) is 4.98 Å². The van der Waals surface area contributed by atoms with Crippen molar-refractivity contribution in [1.29, 1.82) is 5.26 Å². The van der Waals surface area contributed by atoms with Crippen LogP contribution in [0.3, 0.4) is 0 Å². The van der Waals surface area contributed by atoms with Crippen molar-refractivity contribution in [3.8, 4) is 6.07 Å². The molecule has 0 bridgehead atoms. The van der Waals surface area contributed by atoms with Gasteiger partial charge in [-0.1, -0.05) is 11.6 Å². The number of nitrogens with one attached hydrogen (secondary N) is 2. The molecule has 2 aromatic rings. The van der Waals surface area contributed by atoms with E-state index in [1.807, 2.05) is 0 Å². The van der Waals surface area contributed by atoms with Crippen LogP contribution >= 0.6 is 11.6 Å². The summed E-state index contributed by atoms with van der Waals surface area (Å²) < 4.78 is 1.63. The molecule has 0 saturated carbocycles. The summed E-state index contributed by atoms with van der Waals surface area (Å²) in [4.78, 5) is 4.17. The van der Waals surface area contributed by atoms with Crippen molar-refractivity contribution in [3.05, 3.63) is 23.0 Å². The summed E-state index contributed by atoms with van der Waals surface area (Å²) in [7, 11) is 0. The first kappa shape index (κ1) is 14.1. The summed E-state index contributed by atoms with van der Waals surface area (Å²) >= 11 is 6.06. The van der Waals surface area contributed by atoms with Crippen molar-refractivity contribution in [2.75, 3.05) is 11.9 Å². The molecule has 1 atom stereocenters. The first-order valence-electron chi connectivity index (χ1n) is 6.94. The van der Waals surface area contributed by atoms with Crippen LogP contribution in [0.15, 0.2) is 12.3 Å². The van der Waals surface area contributed by atoms with E-state index in [1.54, 1.807) is 10.6 Å². The van der Waals surface area contributed by atoms with Crippen LogP contribution in [0.5, 0.6) is 0 Å². The molecule has 3 rings (SSSR count). The van der Waals surface area contributed by atoms with Crippen molar-refractivity contribution in [3.63, 3.8) is 0 Å². The number of anilines is 1. The third-order valence-electron chi connectivity index (χ3n) is 3.86. The van der Waals surface area contributed by atoms with Gasteiger partial charge in [-0.05, 0) is 26.7 Å². The summed E-state index contributed by atoms with van der Waals surface area (Å²) in [6.07, 6.45) is 3.66. The first-order chi connectivity index (χ1) is 9.98. The van der Waals surface area contributed by atoms with Crippen LogP contribution in [-0.4, -0.2) is 32.7 Å². The highest BCUT2D eigenvalue weighted by Crippen LogP contribution is 2.23. The minimum absolute atomic E-state index is 0.184. The van der Waals surface area contributed by atoms with Gasteiger partial charge >= 0.3 is 0 Å². The molecule has 0 aliphatic carbocycles. The molecule has 0 radical (unpaired) electrons. The monoisotopic (exact) mass is 304 g/mol. The fourth-order valence-corrected chi connectivity index (χ4v) is 2.76. The van der Waals surface area contributed by atoms with Gasteiger partial charge in [0.25, 0.3) is 0 Å². The lowest BCUT2D eigenvalue weighted by molar-refractivity contribution is 0.289. The predicted octanol–water partition coefficient (Wildman–Crippen LogP) is 2.20. The van der Waals surface area contributed by atoms with E-state index in [1.165, 1.54) is 6.20 Å². The van der Waals surface area contributed by atoms with E-state index in [0.717, 1.165) is 25.2 Å². The van der Waals surface area contributed by atoms with Gasteiger partial charge in [0.15, 0.2) is 5.65 Å². The molecule has 2 aromatic heterocycles. The number of nitriles is 1. The Morgan fingerprint density at radius 3 is 3.05 bits per heavy atom. The molecule has 1 fully saturated rings. The van der Waals surface area contributed by atoms with Crippen LogP contribution < -0.4 is 10.6 Å². The third kappa shape index (κ3) is 2.80. The van der Waals surface area contributed by atoms with Gasteiger partial charge in [0.1, 0.15) is 22.6 Å². The van der Waals surface area contributed by atoms with Crippen molar-refractivity contribution >= 4 is 23.1 Å². The van der Waals surface area contributed by atoms with Crippen molar-refractivity contribution in [2.45, 2.75) is 38.3 Å². The second-order valence-corrected chi connectivity index (χ2v) is 6.40. The van der Waals surface area contributed by atoms with Crippen molar-refractivity contribution in [2.24, 2.45) is 0 Å². The van der Waals surface area contributed by atoms with Gasteiger partial charge in [-0.2, -0.15) is 14.9 Å². The molecule has 1 aliphatic heterocycles. The molecule has 0 amide bonds. The second kappa shape index (κ2) is 5.17. The Morgan fingerprint density at radius 1 is 1.57 bits per heavy atom. The average molecular weight is 305 g/mol. The summed E-state index contributed by atoms with van der Waals surface area (Å²) in [5.41, 5.74) is 1.09. The quantitative estimate of drug-likeness (QED) is 0.832. The highest BCUT2D eigenvalue weighted by Gasteiger charge is 2.26. The number of hydrogen-bond acceptors (Lipinski definition) is 5. The Kier molecular flexibility index (Phi) is 3.47. The van der Waals surface area contributed by atoms with E-state index in [4.69, 9.17) is 16.9 Å². The lowest BCUT2D eigenvalue weighted by Crippen LogP contribution is -2.50. The fourth-order valence-electron chi connectivity index (χ4n) is 2.57. The predicted molar refractivity (Wildman–Crippen MR) is 81.4 cm³/mol. The molecular formula is C14H17ClN6. The zero-order valence-corrected chi connectivity index (χ0v) is 12.8. The van der Waals surface area contributed by atoms with Gasteiger partial charge < -0.3 is 10.6 Å². The number of nitrogens with zero attached hydrogens (tertiary/aromatic N) is 4. The lowest BCUT2D eigenvalue weighted by atomic mass is 9.91. The molecule has 3 heterocycles. The van der Waals surface area contributed by atoms with Crippen molar-refractivity contribution < 1.29 is 0 Å². The molecule has 1 saturated heterocycles. The summed E-state index contributed by atoms with van der Waals surface area (Å²) in [6, 6.07) is 4.11.